The number of benzene rings is 2. The van der Waals surface area contributed by atoms with Crippen molar-refractivity contribution in [2.75, 3.05) is 13.6 Å². The molecule has 0 radical (unpaired) electrons. The second kappa shape index (κ2) is 11.8. The molecule has 8 heteroatoms. The van der Waals surface area contributed by atoms with Crippen LogP contribution in [0.25, 0.3) is 0 Å². The molecule has 4 aromatic rings. The first-order valence-electron chi connectivity index (χ1n) is 13.5. The first-order chi connectivity index (χ1) is 19.3. The highest BCUT2D eigenvalue weighted by Crippen LogP contribution is 2.38. The lowest BCUT2D eigenvalue weighted by atomic mass is 9.87. The van der Waals surface area contributed by atoms with Crippen LogP contribution in [0.1, 0.15) is 65.1 Å². The lowest BCUT2D eigenvalue weighted by Gasteiger charge is -2.38. The minimum atomic E-state index is -0.410. The van der Waals surface area contributed by atoms with Crippen LogP contribution in [-0.2, 0) is 24.4 Å². The molecule has 5 rings (SSSR count). The molecule has 0 saturated carbocycles. The number of amides is 2. The summed E-state index contributed by atoms with van der Waals surface area (Å²) < 4.78 is 31.4. The maximum atomic E-state index is 14.3. The maximum absolute atomic E-state index is 14.3. The molecular weight excluding hydrogens is 511 g/mol. The molecule has 2 aromatic carbocycles. The normalized spacial score (nSPS) is 14.7. The number of nitrogens with zero attached hydrogens (tertiary/aromatic N) is 2. The van der Waals surface area contributed by atoms with E-state index in [2.05, 4.69) is 0 Å². The van der Waals surface area contributed by atoms with Gasteiger partial charge in [0.2, 0.25) is 5.91 Å². The van der Waals surface area contributed by atoms with Gasteiger partial charge < -0.3 is 23.4 Å². The van der Waals surface area contributed by atoms with Crippen molar-refractivity contribution in [3.05, 3.63) is 113 Å². The monoisotopic (exact) mass is 544 g/mol. The fraction of sp³-hybridized carbons (Fsp3) is 0.312. The van der Waals surface area contributed by atoms with Gasteiger partial charge >= 0.3 is 0 Å². The van der Waals surface area contributed by atoms with Gasteiger partial charge in [-0.25, -0.2) is 4.39 Å². The highest BCUT2D eigenvalue weighted by atomic mass is 19.1. The summed E-state index contributed by atoms with van der Waals surface area (Å²) in [6.07, 6.45) is 2.70. The van der Waals surface area contributed by atoms with E-state index in [4.69, 9.17) is 13.6 Å². The average molecular weight is 545 g/mol. The Hall–Kier alpha value is -4.33. The summed E-state index contributed by atoms with van der Waals surface area (Å²) in [5, 5.41) is 0. The molecule has 1 atom stereocenters. The number of fused-ring (bicyclic) bond motifs is 1. The Labute approximate surface area is 233 Å². The smallest absolute Gasteiger partial charge is 0.289 e. The molecule has 0 spiro atoms. The van der Waals surface area contributed by atoms with E-state index in [0.29, 0.717) is 43.2 Å². The minimum absolute atomic E-state index is 0.0473. The standard InChI is InChI=1S/C32H33FN2O5/c1-21(2)16-30(36)35-14-13-22-9-10-25(18-28(22)31(35)23-6-4-7-24(33)17-23)39-20-27-11-12-29(40-27)32(37)34(3)19-26-8-5-15-38-26/h4-12,15,17-18,21,31H,13-14,16,19-20H2,1-3H3/t31-/m1/s1. The predicted octanol–water partition coefficient (Wildman–Crippen LogP) is 6.38. The number of ether oxygens (including phenoxy) is 1. The van der Waals surface area contributed by atoms with E-state index in [-0.39, 0.29) is 35.9 Å². The molecule has 0 aliphatic carbocycles. The van der Waals surface area contributed by atoms with Crippen molar-refractivity contribution in [3.63, 3.8) is 0 Å². The van der Waals surface area contributed by atoms with Crippen LogP contribution in [0.4, 0.5) is 4.39 Å². The van der Waals surface area contributed by atoms with Gasteiger partial charge in [-0.05, 0) is 77.6 Å². The molecule has 0 saturated heterocycles. The van der Waals surface area contributed by atoms with E-state index in [9.17, 15) is 14.0 Å². The number of carbonyl (C=O) groups excluding carboxylic acids is 2. The van der Waals surface area contributed by atoms with E-state index >= 15 is 0 Å². The summed E-state index contributed by atoms with van der Waals surface area (Å²) in [6, 6.07) is 18.8. The number of furan rings is 2. The average Bonchev–Trinajstić information content (AvgIpc) is 3.62. The van der Waals surface area contributed by atoms with Crippen molar-refractivity contribution >= 4 is 11.8 Å². The van der Waals surface area contributed by atoms with E-state index in [1.165, 1.54) is 17.0 Å². The second-order valence-electron chi connectivity index (χ2n) is 10.5. The Morgan fingerprint density at radius 1 is 1.07 bits per heavy atom. The third-order valence-corrected chi connectivity index (χ3v) is 6.99. The summed E-state index contributed by atoms with van der Waals surface area (Å²) in [6.45, 7) is 5.05. The fourth-order valence-corrected chi connectivity index (χ4v) is 5.08. The van der Waals surface area contributed by atoms with Gasteiger partial charge in [-0.3, -0.25) is 9.59 Å². The first-order valence-corrected chi connectivity index (χ1v) is 13.5. The van der Waals surface area contributed by atoms with Crippen molar-refractivity contribution < 1.29 is 27.6 Å². The predicted molar refractivity (Wildman–Crippen MR) is 147 cm³/mol. The quantitative estimate of drug-likeness (QED) is 0.244. The zero-order valence-electron chi connectivity index (χ0n) is 22.9. The number of carbonyl (C=O) groups is 2. The number of halogens is 1. The number of hydrogen-bond donors (Lipinski definition) is 0. The molecule has 208 valence electrons. The van der Waals surface area contributed by atoms with Crippen LogP contribution < -0.4 is 4.74 Å². The van der Waals surface area contributed by atoms with Gasteiger partial charge in [-0.15, -0.1) is 0 Å². The largest absolute Gasteiger partial charge is 0.486 e. The van der Waals surface area contributed by atoms with Crippen molar-refractivity contribution in [3.8, 4) is 5.75 Å². The Balaban J connectivity index is 1.33. The van der Waals surface area contributed by atoms with E-state index in [1.54, 1.807) is 37.6 Å². The van der Waals surface area contributed by atoms with Gasteiger partial charge in [0.15, 0.2) is 5.76 Å². The van der Waals surface area contributed by atoms with Gasteiger partial charge in [-0.1, -0.05) is 32.0 Å². The molecule has 3 heterocycles. The van der Waals surface area contributed by atoms with Gasteiger partial charge in [0.25, 0.3) is 5.91 Å². The Kier molecular flexibility index (Phi) is 8.05. The molecule has 0 unspecified atom stereocenters. The van der Waals surface area contributed by atoms with Crippen LogP contribution in [0.5, 0.6) is 5.75 Å². The van der Waals surface area contributed by atoms with Crippen LogP contribution in [-0.4, -0.2) is 35.2 Å². The molecule has 40 heavy (non-hydrogen) atoms. The molecule has 2 amide bonds. The summed E-state index contributed by atoms with van der Waals surface area (Å²) in [5.74, 6) is 1.65. The summed E-state index contributed by atoms with van der Waals surface area (Å²) in [7, 11) is 1.68. The van der Waals surface area contributed by atoms with Gasteiger partial charge in [0.1, 0.15) is 29.7 Å². The van der Waals surface area contributed by atoms with E-state index < -0.39 is 6.04 Å². The summed E-state index contributed by atoms with van der Waals surface area (Å²) >= 11 is 0. The van der Waals surface area contributed by atoms with E-state index in [1.807, 2.05) is 49.1 Å². The van der Waals surface area contributed by atoms with Crippen LogP contribution in [0.3, 0.4) is 0 Å². The fourth-order valence-electron chi connectivity index (χ4n) is 5.08. The van der Waals surface area contributed by atoms with Crippen molar-refractivity contribution in [2.45, 2.75) is 45.9 Å². The van der Waals surface area contributed by atoms with Crippen LogP contribution in [0.15, 0.2) is 81.8 Å². The summed E-state index contributed by atoms with van der Waals surface area (Å²) in [4.78, 5) is 29.4. The molecular formula is C32H33FN2O5. The second-order valence-corrected chi connectivity index (χ2v) is 10.5. The van der Waals surface area contributed by atoms with Crippen molar-refractivity contribution in [1.29, 1.82) is 0 Å². The first kappa shape index (κ1) is 27.2. The van der Waals surface area contributed by atoms with Crippen LogP contribution >= 0.6 is 0 Å². The SMILES string of the molecule is CC(C)CC(=O)N1CCc2ccc(OCc3ccc(C(=O)N(C)Cc4ccco4)o3)cc2[C@H]1c1cccc(F)c1. The molecule has 7 nitrogen and oxygen atoms in total. The zero-order valence-corrected chi connectivity index (χ0v) is 22.9. The highest BCUT2D eigenvalue weighted by molar-refractivity contribution is 5.91. The summed E-state index contributed by atoms with van der Waals surface area (Å²) in [5.41, 5.74) is 2.74. The molecule has 1 aliphatic heterocycles. The Morgan fingerprint density at radius 2 is 1.93 bits per heavy atom. The Morgan fingerprint density at radius 3 is 2.67 bits per heavy atom. The topological polar surface area (TPSA) is 76.1 Å². The lowest BCUT2D eigenvalue weighted by molar-refractivity contribution is -0.134. The van der Waals surface area contributed by atoms with Gasteiger partial charge in [0, 0.05) is 20.0 Å². The molecule has 1 aliphatic rings. The van der Waals surface area contributed by atoms with E-state index in [0.717, 1.165) is 16.7 Å². The molecule has 0 N–H and O–H groups in total. The van der Waals surface area contributed by atoms with Crippen LogP contribution in [0, 0.1) is 11.7 Å². The van der Waals surface area contributed by atoms with Crippen molar-refractivity contribution in [2.24, 2.45) is 5.92 Å². The van der Waals surface area contributed by atoms with Crippen LogP contribution in [0.2, 0.25) is 0 Å². The lowest BCUT2D eigenvalue weighted by Crippen LogP contribution is -2.41. The minimum Gasteiger partial charge on any atom is -0.486 e. The van der Waals surface area contributed by atoms with Gasteiger partial charge in [0.05, 0.1) is 18.8 Å². The zero-order chi connectivity index (χ0) is 28.2. The maximum Gasteiger partial charge on any atom is 0.289 e. The Bertz CT molecular complexity index is 1480. The third-order valence-electron chi connectivity index (χ3n) is 6.99. The molecule has 0 bridgehead atoms. The highest BCUT2D eigenvalue weighted by Gasteiger charge is 2.32. The third kappa shape index (κ3) is 6.11. The molecule has 0 fully saturated rings. The van der Waals surface area contributed by atoms with Crippen molar-refractivity contribution in [1.82, 2.24) is 9.80 Å². The number of rotatable bonds is 9. The molecule has 2 aromatic heterocycles. The number of hydrogen-bond acceptors (Lipinski definition) is 5. The van der Waals surface area contributed by atoms with Gasteiger partial charge in [-0.2, -0.15) is 0 Å².